The Labute approximate surface area is 121 Å². The standard InChI is InChI=1S/C15H23BO4/c1-14(2)15(3,4)20-16(19-14)11-7-5-6-10-8-9-18-13(17)12(10)11/h5-6,10-12H,7-9H2,1-4H3/t10-,11+,12+/m1/s1. The minimum absolute atomic E-state index is 0.0545. The largest absolute Gasteiger partial charge is 0.465 e. The molecule has 0 spiro atoms. The van der Waals surface area contributed by atoms with Crippen LogP contribution in [0.15, 0.2) is 12.2 Å². The zero-order chi connectivity index (χ0) is 14.5. The summed E-state index contributed by atoms with van der Waals surface area (Å²) in [6.07, 6.45) is 6.04. The van der Waals surface area contributed by atoms with Gasteiger partial charge in [-0.2, -0.15) is 0 Å². The highest BCUT2D eigenvalue weighted by molar-refractivity contribution is 6.48. The quantitative estimate of drug-likeness (QED) is 0.420. The molecule has 5 heteroatoms. The van der Waals surface area contributed by atoms with Gasteiger partial charge in [-0.3, -0.25) is 4.79 Å². The minimum atomic E-state index is -0.354. The maximum absolute atomic E-state index is 12.2. The number of ether oxygens (including phenoxy) is 1. The van der Waals surface area contributed by atoms with Gasteiger partial charge in [0, 0.05) is 5.82 Å². The normalized spacial score (nSPS) is 38.5. The highest BCUT2D eigenvalue weighted by atomic mass is 16.7. The van der Waals surface area contributed by atoms with Crippen molar-refractivity contribution in [1.82, 2.24) is 0 Å². The molecule has 3 atom stereocenters. The average molecular weight is 278 g/mol. The van der Waals surface area contributed by atoms with Crippen molar-refractivity contribution >= 4 is 13.1 Å². The molecule has 0 saturated carbocycles. The number of rotatable bonds is 1. The molecule has 0 aromatic rings. The van der Waals surface area contributed by atoms with Crippen LogP contribution in [0, 0.1) is 11.8 Å². The van der Waals surface area contributed by atoms with E-state index >= 15 is 0 Å². The van der Waals surface area contributed by atoms with E-state index in [0.717, 1.165) is 12.8 Å². The van der Waals surface area contributed by atoms with Gasteiger partial charge in [-0.15, -0.1) is 0 Å². The third-order valence-corrected chi connectivity index (χ3v) is 5.30. The van der Waals surface area contributed by atoms with E-state index in [0.29, 0.717) is 6.61 Å². The Kier molecular flexibility index (Phi) is 3.25. The van der Waals surface area contributed by atoms with E-state index in [1.54, 1.807) is 0 Å². The van der Waals surface area contributed by atoms with Crippen molar-refractivity contribution in [2.45, 2.75) is 57.6 Å². The van der Waals surface area contributed by atoms with E-state index in [2.05, 4.69) is 12.2 Å². The molecular formula is C15H23BO4. The maximum Gasteiger partial charge on any atom is 0.462 e. The first-order valence-corrected chi connectivity index (χ1v) is 7.51. The SMILES string of the molecule is CC1(C)OB([C@H]2CC=C[C@@H]3CCOC(=O)[C@@H]32)OC1(C)C. The summed E-state index contributed by atoms with van der Waals surface area (Å²) in [4.78, 5) is 12.2. The fraction of sp³-hybridized carbons (Fsp3) is 0.800. The Hall–Kier alpha value is -0.805. The van der Waals surface area contributed by atoms with Crippen LogP contribution in [0.25, 0.3) is 0 Å². The van der Waals surface area contributed by atoms with Crippen molar-refractivity contribution in [1.29, 1.82) is 0 Å². The summed E-state index contributed by atoms with van der Waals surface area (Å²) in [7, 11) is -0.330. The van der Waals surface area contributed by atoms with E-state index in [4.69, 9.17) is 14.0 Å². The van der Waals surface area contributed by atoms with E-state index in [1.807, 2.05) is 27.7 Å². The fourth-order valence-corrected chi connectivity index (χ4v) is 3.36. The lowest BCUT2D eigenvalue weighted by molar-refractivity contribution is -0.156. The second kappa shape index (κ2) is 4.60. The summed E-state index contributed by atoms with van der Waals surface area (Å²) in [5.74, 6) is 0.113. The summed E-state index contributed by atoms with van der Waals surface area (Å²) in [5.41, 5.74) is -0.709. The van der Waals surface area contributed by atoms with Crippen LogP contribution in [0.5, 0.6) is 0 Å². The van der Waals surface area contributed by atoms with Crippen LogP contribution in [0.3, 0.4) is 0 Å². The lowest BCUT2D eigenvalue weighted by atomic mass is 9.57. The van der Waals surface area contributed by atoms with Crippen LogP contribution in [-0.2, 0) is 18.8 Å². The Morgan fingerprint density at radius 2 is 1.85 bits per heavy atom. The molecule has 20 heavy (non-hydrogen) atoms. The maximum atomic E-state index is 12.2. The van der Waals surface area contributed by atoms with Crippen LogP contribution in [0.1, 0.15) is 40.5 Å². The van der Waals surface area contributed by atoms with E-state index < -0.39 is 0 Å². The second-order valence-corrected chi connectivity index (χ2v) is 7.10. The van der Waals surface area contributed by atoms with Gasteiger partial charge in [0.05, 0.1) is 23.7 Å². The van der Waals surface area contributed by atoms with Gasteiger partial charge in [-0.05, 0) is 46.5 Å². The van der Waals surface area contributed by atoms with Gasteiger partial charge in [0.1, 0.15) is 0 Å². The molecule has 0 radical (unpaired) electrons. The summed E-state index contributed by atoms with van der Waals surface area (Å²) in [5, 5.41) is 0. The van der Waals surface area contributed by atoms with E-state index in [9.17, 15) is 4.79 Å². The first-order valence-electron chi connectivity index (χ1n) is 7.51. The molecule has 2 heterocycles. The molecule has 0 bridgehead atoms. The number of fused-ring (bicyclic) bond motifs is 1. The molecule has 0 unspecified atom stereocenters. The predicted molar refractivity (Wildman–Crippen MR) is 76.1 cm³/mol. The Morgan fingerprint density at radius 3 is 2.50 bits per heavy atom. The zero-order valence-corrected chi connectivity index (χ0v) is 12.7. The monoisotopic (exact) mass is 278 g/mol. The molecule has 2 aliphatic heterocycles. The first-order chi connectivity index (χ1) is 9.32. The van der Waals surface area contributed by atoms with Gasteiger partial charge in [0.2, 0.25) is 0 Å². The molecule has 2 saturated heterocycles. The second-order valence-electron chi connectivity index (χ2n) is 7.10. The van der Waals surface area contributed by atoms with Crippen molar-refractivity contribution in [3.63, 3.8) is 0 Å². The van der Waals surface area contributed by atoms with E-state index in [-0.39, 0.29) is 41.9 Å². The number of carbonyl (C=O) groups is 1. The predicted octanol–water partition coefficient (Wildman–Crippen LogP) is 2.59. The molecule has 1 aliphatic carbocycles. The van der Waals surface area contributed by atoms with E-state index in [1.165, 1.54) is 0 Å². The molecule has 0 amide bonds. The smallest absolute Gasteiger partial charge is 0.462 e. The third-order valence-electron chi connectivity index (χ3n) is 5.30. The molecular weight excluding hydrogens is 255 g/mol. The van der Waals surface area contributed by atoms with Gasteiger partial charge < -0.3 is 14.0 Å². The van der Waals surface area contributed by atoms with Crippen LogP contribution >= 0.6 is 0 Å². The fourth-order valence-electron chi connectivity index (χ4n) is 3.36. The molecule has 2 fully saturated rings. The van der Waals surface area contributed by atoms with Crippen LogP contribution in [-0.4, -0.2) is 30.9 Å². The van der Waals surface area contributed by atoms with Crippen molar-refractivity contribution in [3.05, 3.63) is 12.2 Å². The molecule has 4 nitrogen and oxygen atoms in total. The van der Waals surface area contributed by atoms with Crippen LogP contribution in [0.2, 0.25) is 5.82 Å². The Morgan fingerprint density at radius 1 is 1.20 bits per heavy atom. The van der Waals surface area contributed by atoms with Gasteiger partial charge in [0.25, 0.3) is 0 Å². The van der Waals surface area contributed by atoms with Crippen molar-refractivity contribution in [3.8, 4) is 0 Å². The number of hydrogen-bond donors (Lipinski definition) is 0. The molecule has 0 N–H and O–H groups in total. The first kappa shape index (κ1) is 14.1. The Bertz CT molecular complexity index is 427. The average Bonchev–Trinajstić information content (AvgIpc) is 2.58. The Balaban J connectivity index is 1.84. The van der Waals surface area contributed by atoms with Gasteiger partial charge in [-0.1, -0.05) is 12.2 Å². The molecule has 0 aromatic heterocycles. The highest BCUT2D eigenvalue weighted by Gasteiger charge is 2.57. The topological polar surface area (TPSA) is 44.8 Å². The lowest BCUT2D eigenvalue weighted by Gasteiger charge is -2.37. The molecule has 0 aromatic carbocycles. The number of cyclic esters (lactones) is 1. The minimum Gasteiger partial charge on any atom is -0.465 e. The van der Waals surface area contributed by atoms with Gasteiger partial charge in [-0.25, -0.2) is 0 Å². The van der Waals surface area contributed by atoms with Crippen molar-refractivity contribution < 1.29 is 18.8 Å². The summed E-state index contributed by atoms with van der Waals surface area (Å²) in [6.45, 7) is 8.70. The van der Waals surface area contributed by atoms with Crippen LogP contribution < -0.4 is 0 Å². The summed E-state index contributed by atoms with van der Waals surface area (Å²) in [6, 6.07) is 0. The lowest BCUT2D eigenvalue weighted by Crippen LogP contribution is -2.42. The molecule has 3 rings (SSSR count). The number of carbonyl (C=O) groups excluding carboxylic acids is 1. The molecule has 3 aliphatic rings. The van der Waals surface area contributed by atoms with Gasteiger partial charge in [0.15, 0.2) is 0 Å². The molecule has 110 valence electrons. The number of esters is 1. The van der Waals surface area contributed by atoms with Crippen molar-refractivity contribution in [2.75, 3.05) is 6.61 Å². The summed E-state index contributed by atoms with van der Waals surface area (Å²) >= 11 is 0. The number of allylic oxidation sites excluding steroid dienone is 2. The summed E-state index contributed by atoms with van der Waals surface area (Å²) < 4.78 is 17.5. The van der Waals surface area contributed by atoms with Gasteiger partial charge >= 0.3 is 13.1 Å². The van der Waals surface area contributed by atoms with Crippen molar-refractivity contribution in [2.24, 2.45) is 11.8 Å². The van der Waals surface area contributed by atoms with Crippen LogP contribution in [0.4, 0.5) is 0 Å². The zero-order valence-electron chi connectivity index (χ0n) is 12.7. The highest BCUT2D eigenvalue weighted by Crippen LogP contribution is 2.47. The number of hydrogen-bond acceptors (Lipinski definition) is 4. The third kappa shape index (κ3) is 2.11.